The van der Waals surface area contributed by atoms with E-state index in [2.05, 4.69) is 10.2 Å². The Hall–Kier alpha value is -2.12. The number of para-hydroxylation sites is 1. The van der Waals surface area contributed by atoms with Crippen molar-refractivity contribution < 1.29 is 19.1 Å². The van der Waals surface area contributed by atoms with Gasteiger partial charge in [0.15, 0.2) is 0 Å². The van der Waals surface area contributed by atoms with Crippen LogP contribution in [-0.2, 0) is 20.9 Å². The molecule has 1 fully saturated rings. The fourth-order valence-electron chi connectivity index (χ4n) is 2.89. The lowest BCUT2D eigenvalue weighted by Gasteiger charge is -2.26. The maximum absolute atomic E-state index is 12.1. The largest absolute Gasteiger partial charge is 0.496 e. The molecule has 1 N–H and O–H groups in total. The maximum atomic E-state index is 12.1. The number of ether oxygens (including phenoxy) is 2. The Balaban J connectivity index is 1.74. The van der Waals surface area contributed by atoms with Crippen LogP contribution in [0.2, 0.25) is 0 Å². The van der Waals surface area contributed by atoms with Crippen molar-refractivity contribution in [1.29, 1.82) is 0 Å². The molecule has 26 heavy (non-hydrogen) atoms. The third kappa shape index (κ3) is 6.65. The van der Waals surface area contributed by atoms with Gasteiger partial charge in [0.25, 0.3) is 0 Å². The van der Waals surface area contributed by atoms with E-state index in [9.17, 15) is 9.59 Å². The average molecular weight is 363 g/mol. The van der Waals surface area contributed by atoms with Gasteiger partial charge in [0.2, 0.25) is 11.8 Å². The number of amides is 2. The number of nitrogens with zero attached hydrogens (tertiary/aromatic N) is 2. The SMILES string of the molecule is COc1ccccc1CN(CCC(=O)NCCN1CCOCC1)C(C)=O. The first-order valence-electron chi connectivity index (χ1n) is 9.04. The first-order chi connectivity index (χ1) is 12.6. The molecule has 0 saturated carbocycles. The molecule has 1 heterocycles. The molecule has 1 saturated heterocycles. The highest BCUT2D eigenvalue weighted by atomic mass is 16.5. The molecule has 0 bridgehead atoms. The van der Waals surface area contributed by atoms with Crippen LogP contribution in [0.1, 0.15) is 18.9 Å². The van der Waals surface area contributed by atoms with Gasteiger partial charge in [-0.3, -0.25) is 14.5 Å². The van der Waals surface area contributed by atoms with Gasteiger partial charge in [-0.25, -0.2) is 0 Å². The van der Waals surface area contributed by atoms with Crippen molar-refractivity contribution in [2.24, 2.45) is 0 Å². The highest BCUT2D eigenvalue weighted by Crippen LogP contribution is 2.19. The molecule has 1 aromatic carbocycles. The fraction of sp³-hybridized carbons (Fsp3) is 0.579. The van der Waals surface area contributed by atoms with Crippen LogP contribution in [0.15, 0.2) is 24.3 Å². The quantitative estimate of drug-likeness (QED) is 0.705. The molecule has 1 aromatic rings. The molecule has 2 amide bonds. The van der Waals surface area contributed by atoms with Crippen LogP contribution < -0.4 is 10.1 Å². The Morgan fingerprint density at radius 2 is 2.00 bits per heavy atom. The molecule has 0 radical (unpaired) electrons. The van der Waals surface area contributed by atoms with Crippen molar-refractivity contribution in [2.75, 3.05) is 53.0 Å². The summed E-state index contributed by atoms with van der Waals surface area (Å²) in [7, 11) is 1.61. The number of carbonyl (C=O) groups excluding carboxylic acids is 2. The second-order valence-corrected chi connectivity index (χ2v) is 6.31. The third-order valence-corrected chi connectivity index (χ3v) is 4.46. The number of nitrogens with one attached hydrogen (secondary N) is 1. The van der Waals surface area contributed by atoms with Crippen molar-refractivity contribution in [3.8, 4) is 5.75 Å². The summed E-state index contributed by atoms with van der Waals surface area (Å²) in [5.74, 6) is 0.648. The minimum Gasteiger partial charge on any atom is -0.496 e. The number of methoxy groups -OCH3 is 1. The Kier molecular flexibility index (Phi) is 8.37. The van der Waals surface area contributed by atoms with Crippen molar-refractivity contribution in [3.63, 3.8) is 0 Å². The summed E-state index contributed by atoms with van der Waals surface area (Å²) in [6.45, 7) is 7.11. The second kappa shape index (κ2) is 10.8. The second-order valence-electron chi connectivity index (χ2n) is 6.31. The molecule has 0 aliphatic carbocycles. The van der Waals surface area contributed by atoms with E-state index in [-0.39, 0.29) is 18.2 Å². The van der Waals surface area contributed by atoms with Crippen LogP contribution in [0, 0.1) is 0 Å². The van der Waals surface area contributed by atoms with Crippen LogP contribution >= 0.6 is 0 Å². The van der Waals surface area contributed by atoms with Crippen molar-refractivity contribution >= 4 is 11.8 Å². The van der Waals surface area contributed by atoms with Gasteiger partial charge < -0.3 is 19.7 Å². The number of hydrogen-bond acceptors (Lipinski definition) is 5. The standard InChI is InChI=1S/C19H29N3O4/c1-16(23)22(15-17-5-3-4-6-18(17)25-2)9-7-19(24)20-8-10-21-11-13-26-14-12-21/h3-6H,7-15H2,1-2H3,(H,20,24). The summed E-state index contributed by atoms with van der Waals surface area (Å²) >= 11 is 0. The van der Waals surface area contributed by atoms with E-state index in [0.29, 0.717) is 19.6 Å². The van der Waals surface area contributed by atoms with E-state index in [0.717, 1.165) is 44.2 Å². The molecule has 144 valence electrons. The number of hydrogen-bond donors (Lipinski definition) is 1. The van der Waals surface area contributed by atoms with E-state index in [1.54, 1.807) is 12.0 Å². The first-order valence-corrected chi connectivity index (χ1v) is 9.04. The zero-order valence-electron chi connectivity index (χ0n) is 15.7. The highest BCUT2D eigenvalue weighted by Gasteiger charge is 2.14. The van der Waals surface area contributed by atoms with E-state index >= 15 is 0 Å². The number of benzene rings is 1. The average Bonchev–Trinajstić information content (AvgIpc) is 2.66. The summed E-state index contributed by atoms with van der Waals surface area (Å²) in [5, 5.41) is 2.93. The van der Waals surface area contributed by atoms with Gasteiger partial charge in [-0.1, -0.05) is 18.2 Å². The minimum absolute atomic E-state index is 0.0375. The summed E-state index contributed by atoms with van der Waals surface area (Å²) in [6.07, 6.45) is 0.290. The molecule has 2 rings (SSSR count). The molecule has 1 aliphatic heterocycles. The fourth-order valence-corrected chi connectivity index (χ4v) is 2.89. The van der Waals surface area contributed by atoms with E-state index in [1.165, 1.54) is 6.92 Å². The smallest absolute Gasteiger partial charge is 0.221 e. The van der Waals surface area contributed by atoms with Gasteiger partial charge in [0.05, 0.1) is 20.3 Å². The molecule has 0 aromatic heterocycles. The van der Waals surface area contributed by atoms with Crippen LogP contribution in [0.5, 0.6) is 5.75 Å². The monoisotopic (exact) mass is 363 g/mol. The Labute approximate surface area is 155 Å². The van der Waals surface area contributed by atoms with Gasteiger partial charge in [-0.15, -0.1) is 0 Å². The van der Waals surface area contributed by atoms with Gasteiger partial charge in [0, 0.05) is 58.2 Å². The van der Waals surface area contributed by atoms with Crippen molar-refractivity contribution in [1.82, 2.24) is 15.1 Å². The van der Waals surface area contributed by atoms with E-state index < -0.39 is 0 Å². The Morgan fingerprint density at radius 1 is 1.27 bits per heavy atom. The molecule has 0 spiro atoms. The summed E-state index contributed by atoms with van der Waals surface area (Å²) < 4.78 is 10.6. The predicted octanol–water partition coefficient (Wildman–Crippen LogP) is 0.882. The summed E-state index contributed by atoms with van der Waals surface area (Å²) in [6, 6.07) is 7.60. The first kappa shape index (κ1) is 20.2. The lowest BCUT2D eigenvalue weighted by molar-refractivity contribution is -0.130. The molecule has 1 aliphatic rings. The normalized spacial score (nSPS) is 14.7. The van der Waals surface area contributed by atoms with Gasteiger partial charge in [-0.2, -0.15) is 0 Å². The molecular formula is C19H29N3O4. The summed E-state index contributed by atoms with van der Waals surface area (Å²) in [5.41, 5.74) is 0.929. The highest BCUT2D eigenvalue weighted by molar-refractivity contribution is 5.78. The van der Waals surface area contributed by atoms with Crippen molar-refractivity contribution in [3.05, 3.63) is 29.8 Å². The van der Waals surface area contributed by atoms with Crippen LogP contribution in [0.4, 0.5) is 0 Å². The molecule has 0 unspecified atom stereocenters. The van der Waals surface area contributed by atoms with E-state index in [1.807, 2.05) is 24.3 Å². The lowest BCUT2D eigenvalue weighted by atomic mass is 10.2. The maximum Gasteiger partial charge on any atom is 0.221 e. The van der Waals surface area contributed by atoms with E-state index in [4.69, 9.17) is 9.47 Å². The number of rotatable bonds is 9. The molecule has 7 heteroatoms. The zero-order chi connectivity index (χ0) is 18.8. The van der Waals surface area contributed by atoms with Crippen LogP contribution in [-0.4, -0.2) is 74.7 Å². The Morgan fingerprint density at radius 3 is 2.69 bits per heavy atom. The molecular weight excluding hydrogens is 334 g/mol. The van der Waals surface area contributed by atoms with Crippen molar-refractivity contribution in [2.45, 2.75) is 19.9 Å². The van der Waals surface area contributed by atoms with Crippen LogP contribution in [0.3, 0.4) is 0 Å². The van der Waals surface area contributed by atoms with Gasteiger partial charge in [0.1, 0.15) is 5.75 Å². The Bertz CT molecular complexity index is 588. The summed E-state index contributed by atoms with van der Waals surface area (Å²) in [4.78, 5) is 27.9. The van der Waals surface area contributed by atoms with Gasteiger partial charge >= 0.3 is 0 Å². The van der Waals surface area contributed by atoms with Gasteiger partial charge in [-0.05, 0) is 6.07 Å². The minimum atomic E-state index is -0.0583. The molecule has 7 nitrogen and oxygen atoms in total. The number of carbonyl (C=O) groups is 2. The topological polar surface area (TPSA) is 71.1 Å². The zero-order valence-corrected chi connectivity index (χ0v) is 15.7. The molecule has 0 atom stereocenters. The third-order valence-electron chi connectivity index (χ3n) is 4.46. The lowest BCUT2D eigenvalue weighted by Crippen LogP contribution is -2.41. The van der Waals surface area contributed by atoms with Crippen LogP contribution in [0.25, 0.3) is 0 Å². The predicted molar refractivity (Wildman–Crippen MR) is 99.0 cm³/mol. The number of morpholine rings is 1.